The first-order chi connectivity index (χ1) is 10.6. The van der Waals surface area contributed by atoms with Crippen LogP contribution in [0, 0.1) is 0 Å². The highest BCUT2D eigenvalue weighted by molar-refractivity contribution is 7.91. The standard InChI is InChI=1S/C16H24N2O3S/c19-16(18-15-9-12-22(20,21)13-15)8-11-17-10-4-7-14-5-2-1-3-6-14/h1-3,5-6,15,17H,4,7-13H2,(H,18,19). The van der Waals surface area contributed by atoms with Crippen LogP contribution in [0.15, 0.2) is 30.3 Å². The highest BCUT2D eigenvalue weighted by Gasteiger charge is 2.28. The quantitative estimate of drug-likeness (QED) is 0.697. The maximum Gasteiger partial charge on any atom is 0.221 e. The van der Waals surface area contributed by atoms with Gasteiger partial charge >= 0.3 is 0 Å². The molecule has 1 aliphatic rings. The Balaban J connectivity index is 1.51. The first kappa shape index (κ1) is 17.0. The summed E-state index contributed by atoms with van der Waals surface area (Å²) in [6.45, 7) is 1.50. The summed E-state index contributed by atoms with van der Waals surface area (Å²) in [7, 11) is -2.93. The van der Waals surface area contributed by atoms with Gasteiger partial charge in [0.05, 0.1) is 11.5 Å². The summed E-state index contributed by atoms with van der Waals surface area (Å²) < 4.78 is 22.6. The molecule has 0 radical (unpaired) electrons. The van der Waals surface area contributed by atoms with Crippen LogP contribution in [0.5, 0.6) is 0 Å². The van der Waals surface area contributed by atoms with E-state index in [0.717, 1.165) is 19.4 Å². The SMILES string of the molecule is O=C(CCNCCCc1ccccc1)NC1CCS(=O)(=O)C1. The molecule has 1 unspecified atom stereocenters. The fraction of sp³-hybridized carbons (Fsp3) is 0.562. The largest absolute Gasteiger partial charge is 0.352 e. The van der Waals surface area contributed by atoms with E-state index < -0.39 is 9.84 Å². The van der Waals surface area contributed by atoms with Crippen LogP contribution in [0.25, 0.3) is 0 Å². The molecule has 1 aliphatic heterocycles. The van der Waals surface area contributed by atoms with E-state index in [9.17, 15) is 13.2 Å². The molecule has 1 heterocycles. The van der Waals surface area contributed by atoms with Gasteiger partial charge < -0.3 is 10.6 Å². The summed E-state index contributed by atoms with van der Waals surface area (Å²) >= 11 is 0. The van der Waals surface area contributed by atoms with Crippen molar-refractivity contribution in [1.82, 2.24) is 10.6 Å². The van der Waals surface area contributed by atoms with Gasteiger partial charge in [0, 0.05) is 19.0 Å². The van der Waals surface area contributed by atoms with Crippen molar-refractivity contribution in [1.29, 1.82) is 0 Å². The van der Waals surface area contributed by atoms with E-state index >= 15 is 0 Å². The predicted octanol–water partition coefficient (Wildman–Crippen LogP) is 0.902. The number of sulfone groups is 1. The number of aryl methyl sites for hydroxylation is 1. The summed E-state index contributed by atoms with van der Waals surface area (Å²) in [5.41, 5.74) is 1.32. The molecule has 0 spiro atoms. The molecule has 0 bridgehead atoms. The summed E-state index contributed by atoms with van der Waals surface area (Å²) in [6.07, 6.45) is 2.99. The van der Waals surface area contributed by atoms with Gasteiger partial charge in [0.15, 0.2) is 9.84 Å². The number of carbonyl (C=O) groups is 1. The number of amides is 1. The molecule has 1 amide bonds. The summed E-state index contributed by atoms with van der Waals surface area (Å²) in [6, 6.07) is 10.1. The average molecular weight is 324 g/mol. The highest BCUT2D eigenvalue weighted by atomic mass is 32.2. The van der Waals surface area contributed by atoms with E-state index in [1.54, 1.807) is 0 Å². The molecule has 0 aromatic heterocycles. The van der Waals surface area contributed by atoms with Crippen LogP contribution in [0.2, 0.25) is 0 Å². The zero-order valence-corrected chi connectivity index (χ0v) is 13.6. The van der Waals surface area contributed by atoms with Crippen LogP contribution in [-0.4, -0.2) is 45.0 Å². The smallest absolute Gasteiger partial charge is 0.221 e. The fourth-order valence-electron chi connectivity index (χ4n) is 2.60. The Kier molecular flexibility index (Phi) is 6.39. The van der Waals surface area contributed by atoms with Gasteiger partial charge in [-0.2, -0.15) is 0 Å². The molecule has 22 heavy (non-hydrogen) atoms. The Hall–Kier alpha value is -1.40. The van der Waals surface area contributed by atoms with Crippen LogP contribution < -0.4 is 10.6 Å². The van der Waals surface area contributed by atoms with Crippen molar-refractivity contribution < 1.29 is 13.2 Å². The van der Waals surface area contributed by atoms with Gasteiger partial charge in [-0.15, -0.1) is 0 Å². The maximum absolute atomic E-state index is 11.7. The number of nitrogens with one attached hydrogen (secondary N) is 2. The van der Waals surface area contributed by atoms with E-state index in [4.69, 9.17) is 0 Å². The van der Waals surface area contributed by atoms with E-state index in [2.05, 4.69) is 22.8 Å². The third kappa shape index (κ3) is 6.15. The van der Waals surface area contributed by atoms with Crippen molar-refractivity contribution in [3.63, 3.8) is 0 Å². The molecule has 2 rings (SSSR count). The van der Waals surface area contributed by atoms with Crippen LogP contribution in [0.4, 0.5) is 0 Å². The minimum absolute atomic E-state index is 0.0716. The number of carbonyl (C=O) groups excluding carboxylic acids is 1. The summed E-state index contributed by atoms with van der Waals surface area (Å²) in [5, 5.41) is 6.04. The number of hydrogen-bond donors (Lipinski definition) is 2. The van der Waals surface area contributed by atoms with Crippen molar-refractivity contribution in [3.05, 3.63) is 35.9 Å². The van der Waals surface area contributed by atoms with E-state index in [1.165, 1.54) is 5.56 Å². The third-order valence-electron chi connectivity index (χ3n) is 3.79. The zero-order chi connectivity index (χ0) is 15.8. The molecular weight excluding hydrogens is 300 g/mol. The second-order valence-corrected chi connectivity index (χ2v) is 7.99. The molecule has 1 aromatic carbocycles. The van der Waals surface area contributed by atoms with Crippen LogP contribution >= 0.6 is 0 Å². The van der Waals surface area contributed by atoms with Crippen molar-refractivity contribution in [3.8, 4) is 0 Å². The highest BCUT2D eigenvalue weighted by Crippen LogP contribution is 2.11. The maximum atomic E-state index is 11.7. The van der Waals surface area contributed by atoms with Crippen LogP contribution in [0.1, 0.15) is 24.8 Å². The van der Waals surface area contributed by atoms with Crippen LogP contribution in [0.3, 0.4) is 0 Å². The minimum Gasteiger partial charge on any atom is -0.352 e. The second kappa shape index (κ2) is 8.29. The van der Waals surface area contributed by atoms with Gasteiger partial charge in [-0.25, -0.2) is 8.42 Å². The van der Waals surface area contributed by atoms with Gasteiger partial charge in [0.2, 0.25) is 5.91 Å². The zero-order valence-electron chi connectivity index (χ0n) is 12.8. The Labute approximate surface area is 132 Å². The van der Waals surface area contributed by atoms with Gasteiger partial charge in [0.25, 0.3) is 0 Å². The van der Waals surface area contributed by atoms with Gasteiger partial charge in [0.1, 0.15) is 0 Å². The molecular formula is C16H24N2O3S. The molecule has 122 valence electrons. The van der Waals surface area contributed by atoms with Gasteiger partial charge in [-0.3, -0.25) is 4.79 Å². The van der Waals surface area contributed by atoms with E-state index in [0.29, 0.717) is 19.4 Å². The number of benzene rings is 1. The molecule has 1 atom stereocenters. The molecule has 2 N–H and O–H groups in total. The lowest BCUT2D eigenvalue weighted by atomic mass is 10.1. The number of rotatable bonds is 8. The Morgan fingerprint density at radius 3 is 2.64 bits per heavy atom. The predicted molar refractivity (Wildman–Crippen MR) is 87.5 cm³/mol. The molecule has 1 aromatic rings. The molecule has 1 fully saturated rings. The normalized spacial score (nSPS) is 19.9. The van der Waals surface area contributed by atoms with Gasteiger partial charge in [-0.1, -0.05) is 30.3 Å². The van der Waals surface area contributed by atoms with Crippen molar-refractivity contribution >= 4 is 15.7 Å². The summed E-state index contributed by atoms with van der Waals surface area (Å²) in [4.78, 5) is 11.7. The Bertz CT molecular complexity index is 572. The number of hydrogen-bond acceptors (Lipinski definition) is 4. The molecule has 6 heteroatoms. The molecule has 5 nitrogen and oxygen atoms in total. The van der Waals surface area contributed by atoms with Gasteiger partial charge in [-0.05, 0) is 31.4 Å². The molecule has 0 aliphatic carbocycles. The van der Waals surface area contributed by atoms with Crippen molar-refractivity contribution in [2.45, 2.75) is 31.7 Å². The average Bonchev–Trinajstić information content (AvgIpc) is 2.82. The van der Waals surface area contributed by atoms with E-state index in [-0.39, 0.29) is 23.5 Å². The topological polar surface area (TPSA) is 75.3 Å². The lowest BCUT2D eigenvalue weighted by Gasteiger charge is -2.11. The first-order valence-corrected chi connectivity index (χ1v) is 9.62. The minimum atomic E-state index is -2.93. The molecule has 0 saturated carbocycles. The monoisotopic (exact) mass is 324 g/mol. The summed E-state index contributed by atoms with van der Waals surface area (Å²) in [5.74, 6) is 0.205. The van der Waals surface area contributed by atoms with E-state index in [1.807, 2.05) is 18.2 Å². The van der Waals surface area contributed by atoms with Crippen molar-refractivity contribution in [2.75, 3.05) is 24.6 Å². The molecule has 1 saturated heterocycles. The lowest BCUT2D eigenvalue weighted by molar-refractivity contribution is -0.121. The third-order valence-corrected chi connectivity index (χ3v) is 5.56. The second-order valence-electron chi connectivity index (χ2n) is 5.76. The van der Waals surface area contributed by atoms with Crippen molar-refractivity contribution in [2.24, 2.45) is 0 Å². The fourth-order valence-corrected chi connectivity index (χ4v) is 4.27. The lowest BCUT2D eigenvalue weighted by Crippen LogP contribution is -2.37. The van der Waals surface area contributed by atoms with Crippen LogP contribution in [-0.2, 0) is 21.1 Å². The Morgan fingerprint density at radius 2 is 1.95 bits per heavy atom. The first-order valence-electron chi connectivity index (χ1n) is 7.79. The Morgan fingerprint density at radius 1 is 1.18 bits per heavy atom.